The average molecular weight is 434 g/mol. The van der Waals surface area contributed by atoms with E-state index in [1.54, 1.807) is 0 Å². The van der Waals surface area contributed by atoms with Gasteiger partial charge in [0, 0.05) is 43.8 Å². The van der Waals surface area contributed by atoms with Crippen LogP contribution in [0.25, 0.3) is 0 Å². The molecule has 0 aliphatic carbocycles. The number of rotatable bonds is 5. The van der Waals surface area contributed by atoms with Crippen LogP contribution in [0, 0.1) is 0 Å². The molecule has 5 rings (SSSR count). The summed E-state index contributed by atoms with van der Waals surface area (Å²) in [5.74, 6) is 1.80. The molecule has 0 aromatic heterocycles. The van der Waals surface area contributed by atoms with E-state index in [-0.39, 0.29) is 17.4 Å². The molecule has 168 valence electrons. The van der Waals surface area contributed by atoms with E-state index >= 15 is 0 Å². The predicted molar refractivity (Wildman–Crippen MR) is 123 cm³/mol. The number of amides is 2. The number of carbonyl (C=O) groups is 2. The second-order valence-electron chi connectivity index (χ2n) is 9.25. The fourth-order valence-electron chi connectivity index (χ4n) is 5.28. The summed E-state index contributed by atoms with van der Waals surface area (Å²) in [5.41, 5.74) is 0.654. The monoisotopic (exact) mass is 433 g/mol. The number of carbonyl (C=O) groups excluding carboxylic acids is 2. The maximum absolute atomic E-state index is 13.2. The van der Waals surface area contributed by atoms with Crippen molar-refractivity contribution in [2.24, 2.45) is 0 Å². The Balaban J connectivity index is 1.21. The standard InChI is InChI=1S/C26H31N3O3/c30-24(27-15-4-5-16-27)19-29-18-14-26(29)13-6-17-28(20-26)25(31)21-9-11-23(12-10-21)32-22-7-2-1-3-8-22/h1-3,7-12H,4-6,13-20H2. The van der Waals surface area contributed by atoms with Gasteiger partial charge in [-0.2, -0.15) is 0 Å². The van der Waals surface area contributed by atoms with Crippen molar-refractivity contribution in [1.29, 1.82) is 0 Å². The molecule has 6 heteroatoms. The third-order valence-electron chi connectivity index (χ3n) is 7.23. The number of likely N-dealkylation sites (tertiary alicyclic amines) is 3. The zero-order valence-electron chi connectivity index (χ0n) is 18.5. The fraction of sp³-hybridized carbons (Fsp3) is 0.462. The lowest BCUT2D eigenvalue weighted by atomic mass is 9.77. The topological polar surface area (TPSA) is 53.1 Å². The third-order valence-corrected chi connectivity index (χ3v) is 7.23. The highest BCUT2D eigenvalue weighted by molar-refractivity contribution is 5.94. The third kappa shape index (κ3) is 4.24. The van der Waals surface area contributed by atoms with Gasteiger partial charge in [0.1, 0.15) is 11.5 Å². The number of hydrogen-bond acceptors (Lipinski definition) is 4. The minimum absolute atomic E-state index is 0.0281. The molecular formula is C26H31N3O3. The van der Waals surface area contributed by atoms with E-state index in [4.69, 9.17) is 4.74 Å². The first-order valence-electron chi connectivity index (χ1n) is 11.8. The summed E-state index contributed by atoms with van der Waals surface area (Å²) in [6.45, 7) is 4.72. The Morgan fingerprint density at radius 2 is 1.47 bits per heavy atom. The van der Waals surface area contributed by atoms with E-state index in [9.17, 15) is 9.59 Å². The van der Waals surface area contributed by atoms with Gasteiger partial charge in [-0.1, -0.05) is 18.2 Å². The Bertz CT molecular complexity index is 956. The molecule has 2 aromatic carbocycles. The Hall–Kier alpha value is -2.86. The Morgan fingerprint density at radius 3 is 2.16 bits per heavy atom. The summed E-state index contributed by atoms with van der Waals surface area (Å²) >= 11 is 0. The molecule has 0 radical (unpaired) electrons. The first-order valence-corrected chi connectivity index (χ1v) is 11.8. The minimum atomic E-state index is -0.0281. The smallest absolute Gasteiger partial charge is 0.253 e. The summed E-state index contributed by atoms with van der Waals surface area (Å²) in [6.07, 6.45) is 5.35. The van der Waals surface area contributed by atoms with Gasteiger partial charge in [0.2, 0.25) is 5.91 Å². The fourth-order valence-corrected chi connectivity index (χ4v) is 5.28. The van der Waals surface area contributed by atoms with Crippen molar-refractivity contribution >= 4 is 11.8 Å². The Morgan fingerprint density at radius 1 is 0.781 bits per heavy atom. The van der Waals surface area contributed by atoms with Crippen LogP contribution in [-0.4, -0.2) is 71.3 Å². The number of ether oxygens (including phenoxy) is 1. The molecule has 3 aliphatic rings. The molecule has 32 heavy (non-hydrogen) atoms. The Labute approximate surface area is 189 Å². The summed E-state index contributed by atoms with van der Waals surface area (Å²) in [6, 6.07) is 17.0. The van der Waals surface area contributed by atoms with Gasteiger partial charge in [-0.25, -0.2) is 0 Å². The van der Waals surface area contributed by atoms with Crippen LogP contribution in [0.15, 0.2) is 54.6 Å². The van der Waals surface area contributed by atoms with E-state index < -0.39 is 0 Å². The van der Waals surface area contributed by atoms with Crippen LogP contribution in [0.5, 0.6) is 11.5 Å². The number of nitrogens with zero attached hydrogens (tertiary/aromatic N) is 3. The van der Waals surface area contributed by atoms with Crippen LogP contribution >= 0.6 is 0 Å². The largest absolute Gasteiger partial charge is 0.457 e. The molecule has 2 amide bonds. The van der Waals surface area contributed by atoms with Crippen molar-refractivity contribution in [3.8, 4) is 11.5 Å². The van der Waals surface area contributed by atoms with E-state index in [2.05, 4.69) is 4.90 Å². The van der Waals surface area contributed by atoms with Crippen molar-refractivity contribution < 1.29 is 14.3 Å². The van der Waals surface area contributed by atoms with Crippen LogP contribution in [0.1, 0.15) is 42.5 Å². The first kappa shape index (κ1) is 21.0. The molecule has 0 N–H and O–H groups in total. The van der Waals surface area contributed by atoms with E-state index in [1.165, 1.54) is 0 Å². The molecular weight excluding hydrogens is 402 g/mol. The molecule has 3 saturated heterocycles. The normalized spacial score (nSPS) is 23.2. The highest BCUT2D eigenvalue weighted by Crippen LogP contribution is 2.39. The highest BCUT2D eigenvalue weighted by atomic mass is 16.5. The van der Waals surface area contributed by atoms with Crippen LogP contribution in [-0.2, 0) is 4.79 Å². The number of para-hydroxylation sites is 1. The zero-order valence-corrected chi connectivity index (χ0v) is 18.5. The lowest BCUT2D eigenvalue weighted by molar-refractivity contribution is -0.138. The van der Waals surface area contributed by atoms with Crippen molar-refractivity contribution in [1.82, 2.24) is 14.7 Å². The number of hydrogen-bond donors (Lipinski definition) is 0. The highest BCUT2D eigenvalue weighted by Gasteiger charge is 2.48. The molecule has 0 bridgehead atoms. The molecule has 3 heterocycles. The molecule has 0 saturated carbocycles. The molecule has 3 aliphatic heterocycles. The quantitative estimate of drug-likeness (QED) is 0.720. The van der Waals surface area contributed by atoms with Gasteiger partial charge in [-0.3, -0.25) is 14.5 Å². The Kier molecular flexibility index (Phi) is 5.87. The van der Waals surface area contributed by atoms with Crippen LogP contribution in [0.2, 0.25) is 0 Å². The van der Waals surface area contributed by atoms with Gasteiger partial charge in [0.15, 0.2) is 0 Å². The van der Waals surface area contributed by atoms with Gasteiger partial charge >= 0.3 is 0 Å². The summed E-state index contributed by atoms with van der Waals surface area (Å²) in [5, 5.41) is 0. The van der Waals surface area contributed by atoms with Gasteiger partial charge in [-0.05, 0) is 68.5 Å². The van der Waals surface area contributed by atoms with Crippen LogP contribution in [0.4, 0.5) is 0 Å². The van der Waals surface area contributed by atoms with Crippen molar-refractivity contribution in [3.63, 3.8) is 0 Å². The molecule has 3 fully saturated rings. The van der Waals surface area contributed by atoms with Crippen molar-refractivity contribution in [3.05, 3.63) is 60.2 Å². The SMILES string of the molecule is O=C(CN1CCC12CCCN(C(=O)c1ccc(Oc3ccccc3)cc1)C2)N1CCCC1. The van der Waals surface area contributed by atoms with E-state index in [1.807, 2.05) is 64.4 Å². The molecule has 1 unspecified atom stereocenters. The van der Waals surface area contributed by atoms with Gasteiger partial charge < -0.3 is 14.5 Å². The van der Waals surface area contributed by atoms with Crippen molar-refractivity contribution in [2.45, 2.75) is 37.6 Å². The van der Waals surface area contributed by atoms with Gasteiger partial charge in [0.05, 0.1) is 6.54 Å². The molecule has 1 spiro atoms. The minimum Gasteiger partial charge on any atom is -0.457 e. The van der Waals surface area contributed by atoms with Crippen LogP contribution in [0.3, 0.4) is 0 Å². The van der Waals surface area contributed by atoms with Gasteiger partial charge in [0.25, 0.3) is 5.91 Å². The number of benzene rings is 2. The summed E-state index contributed by atoms with van der Waals surface area (Å²) < 4.78 is 5.84. The number of piperidine rings is 1. The lowest BCUT2D eigenvalue weighted by Gasteiger charge is -2.57. The molecule has 2 aromatic rings. The summed E-state index contributed by atoms with van der Waals surface area (Å²) in [7, 11) is 0. The van der Waals surface area contributed by atoms with E-state index in [0.717, 1.165) is 64.0 Å². The van der Waals surface area contributed by atoms with Crippen molar-refractivity contribution in [2.75, 3.05) is 39.3 Å². The maximum Gasteiger partial charge on any atom is 0.253 e. The maximum atomic E-state index is 13.2. The first-order chi connectivity index (χ1) is 15.6. The molecule has 1 atom stereocenters. The zero-order chi connectivity index (χ0) is 22.0. The molecule has 6 nitrogen and oxygen atoms in total. The van der Waals surface area contributed by atoms with Crippen LogP contribution < -0.4 is 4.74 Å². The predicted octanol–water partition coefficient (Wildman–Crippen LogP) is 3.78. The second-order valence-corrected chi connectivity index (χ2v) is 9.25. The second kappa shape index (κ2) is 8.94. The van der Waals surface area contributed by atoms with E-state index in [0.29, 0.717) is 24.4 Å². The lowest BCUT2D eigenvalue weighted by Crippen LogP contribution is -2.68. The van der Waals surface area contributed by atoms with Gasteiger partial charge in [-0.15, -0.1) is 0 Å². The average Bonchev–Trinajstić information content (AvgIpc) is 3.38. The summed E-state index contributed by atoms with van der Waals surface area (Å²) in [4.78, 5) is 32.2.